The molecule has 0 heterocycles. The zero-order chi connectivity index (χ0) is 17.6. The lowest BCUT2D eigenvalue weighted by atomic mass is 9.86. The smallest absolute Gasteiger partial charge is 0.213 e. The summed E-state index contributed by atoms with van der Waals surface area (Å²) in [5.74, 6) is -10.2. The first-order chi connectivity index (χ1) is 11.3. The predicted molar refractivity (Wildman–Crippen MR) is 77.7 cm³/mol. The van der Waals surface area contributed by atoms with Crippen LogP contribution in [0.1, 0.15) is 27.6 Å². The average molecular weight is 335 g/mol. The highest BCUT2D eigenvalue weighted by molar-refractivity contribution is 6.27. The van der Waals surface area contributed by atoms with Crippen molar-refractivity contribution in [2.75, 3.05) is 5.32 Å². The Balaban J connectivity index is 2.20. The van der Waals surface area contributed by atoms with E-state index in [1.165, 1.54) is 6.92 Å². The number of Topliss-reactive ketones (excluding diaryl/α,β-unsaturated/α-hetero) is 2. The molecule has 7 heteroatoms. The summed E-state index contributed by atoms with van der Waals surface area (Å²) in [6.07, 6.45) is 0. The molecule has 0 fully saturated rings. The van der Waals surface area contributed by atoms with Gasteiger partial charge in [0.25, 0.3) is 0 Å². The van der Waals surface area contributed by atoms with Gasteiger partial charge in [-0.25, -0.2) is 17.6 Å². The van der Waals surface area contributed by atoms with E-state index in [1.54, 1.807) is 30.3 Å². The number of nitrogens with one attached hydrogen (secondary N) is 1. The largest absolute Gasteiger partial charge is 0.352 e. The fourth-order valence-electron chi connectivity index (χ4n) is 2.47. The number of benzene rings is 2. The SMILES string of the molecule is CC1=C(Nc2ccccc2)C(=O)c2c(F)c(F)c(F)c(F)c2C1=O. The molecule has 0 aromatic heterocycles. The summed E-state index contributed by atoms with van der Waals surface area (Å²) >= 11 is 0. The lowest BCUT2D eigenvalue weighted by Gasteiger charge is -2.21. The Morgan fingerprint density at radius 2 is 1.25 bits per heavy atom. The molecule has 0 bridgehead atoms. The quantitative estimate of drug-likeness (QED) is 0.512. The predicted octanol–water partition coefficient (Wildman–Crippen LogP) is 4.01. The number of allylic oxidation sites excluding steroid dienone is 2. The van der Waals surface area contributed by atoms with E-state index in [2.05, 4.69) is 5.32 Å². The minimum absolute atomic E-state index is 0.222. The van der Waals surface area contributed by atoms with E-state index in [0.29, 0.717) is 5.69 Å². The minimum Gasteiger partial charge on any atom is -0.352 e. The Kier molecular flexibility index (Phi) is 3.71. The maximum atomic E-state index is 14.0. The number of hydrogen-bond donors (Lipinski definition) is 1. The van der Waals surface area contributed by atoms with E-state index < -0.39 is 46.0 Å². The van der Waals surface area contributed by atoms with Gasteiger partial charge in [-0.2, -0.15) is 0 Å². The van der Waals surface area contributed by atoms with Crippen LogP contribution in [0.4, 0.5) is 23.2 Å². The molecule has 0 atom stereocenters. The van der Waals surface area contributed by atoms with Crippen molar-refractivity contribution in [3.8, 4) is 0 Å². The number of fused-ring (bicyclic) bond motifs is 1. The van der Waals surface area contributed by atoms with Crippen LogP contribution >= 0.6 is 0 Å². The molecule has 0 unspecified atom stereocenters. The molecule has 0 saturated heterocycles. The monoisotopic (exact) mass is 335 g/mol. The number of rotatable bonds is 2. The Labute approximate surface area is 133 Å². The first-order valence-electron chi connectivity index (χ1n) is 6.82. The van der Waals surface area contributed by atoms with Crippen LogP contribution in [0.5, 0.6) is 0 Å². The second-order valence-corrected chi connectivity index (χ2v) is 5.16. The van der Waals surface area contributed by atoms with Gasteiger partial charge in [-0.05, 0) is 19.1 Å². The summed E-state index contributed by atoms with van der Waals surface area (Å²) < 4.78 is 54.7. The fourth-order valence-corrected chi connectivity index (χ4v) is 2.47. The lowest BCUT2D eigenvalue weighted by molar-refractivity contribution is 0.0966. The van der Waals surface area contributed by atoms with Crippen LogP contribution in [-0.2, 0) is 0 Å². The molecule has 2 aromatic carbocycles. The number of anilines is 1. The summed E-state index contributed by atoms with van der Waals surface area (Å²) in [5.41, 5.74) is -2.32. The van der Waals surface area contributed by atoms with Crippen LogP contribution in [0.15, 0.2) is 41.6 Å². The average Bonchev–Trinajstić information content (AvgIpc) is 2.59. The second kappa shape index (κ2) is 5.59. The van der Waals surface area contributed by atoms with Gasteiger partial charge in [0.1, 0.15) is 0 Å². The molecule has 3 nitrogen and oxygen atoms in total. The molecule has 1 aliphatic carbocycles. The highest BCUT2D eigenvalue weighted by Crippen LogP contribution is 2.33. The number of halogens is 4. The molecule has 24 heavy (non-hydrogen) atoms. The van der Waals surface area contributed by atoms with Crippen LogP contribution in [0.2, 0.25) is 0 Å². The van der Waals surface area contributed by atoms with Crippen molar-refractivity contribution < 1.29 is 27.2 Å². The lowest BCUT2D eigenvalue weighted by Crippen LogP contribution is -2.29. The van der Waals surface area contributed by atoms with Gasteiger partial charge in [0.15, 0.2) is 29.1 Å². The van der Waals surface area contributed by atoms with Gasteiger partial charge in [0.2, 0.25) is 5.78 Å². The zero-order valence-electron chi connectivity index (χ0n) is 12.2. The molecule has 0 saturated carbocycles. The standard InChI is InChI=1S/C17H9F4NO2/c1-7-15(22-8-5-3-2-4-6-8)17(24)10-9(16(7)23)11(18)13(20)14(21)12(10)19/h2-6,22H,1H3. The summed E-state index contributed by atoms with van der Waals surface area (Å²) in [7, 11) is 0. The van der Waals surface area contributed by atoms with Crippen molar-refractivity contribution in [2.24, 2.45) is 0 Å². The number of ketones is 2. The number of carbonyl (C=O) groups is 2. The minimum atomic E-state index is -2.13. The molecule has 0 radical (unpaired) electrons. The molecule has 0 amide bonds. The molecular weight excluding hydrogens is 326 g/mol. The Bertz CT molecular complexity index is 920. The zero-order valence-corrected chi connectivity index (χ0v) is 12.2. The van der Waals surface area contributed by atoms with E-state index >= 15 is 0 Å². The summed E-state index contributed by atoms with van der Waals surface area (Å²) in [4.78, 5) is 24.7. The molecule has 122 valence electrons. The van der Waals surface area contributed by atoms with E-state index in [9.17, 15) is 27.2 Å². The van der Waals surface area contributed by atoms with Gasteiger partial charge in [0, 0.05) is 11.3 Å². The van der Waals surface area contributed by atoms with Crippen molar-refractivity contribution in [1.82, 2.24) is 0 Å². The number of hydrogen-bond acceptors (Lipinski definition) is 3. The molecule has 1 N–H and O–H groups in total. The Morgan fingerprint density at radius 3 is 1.79 bits per heavy atom. The van der Waals surface area contributed by atoms with Gasteiger partial charge < -0.3 is 5.32 Å². The van der Waals surface area contributed by atoms with Crippen molar-refractivity contribution in [3.63, 3.8) is 0 Å². The van der Waals surface area contributed by atoms with Gasteiger partial charge in [0.05, 0.1) is 16.8 Å². The maximum absolute atomic E-state index is 14.0. The van der Waals surface area contributed by atoms with Crippen LogP contribution in [0, 0.1) is 23.3 Å². The molecule has 1 aliphatic rings. The van der Waals surface area contributed by atoms with Crippen LogP contribution in [-0.4, -0.2) is 11.6 Å². The fraction of sp³-hybridized carbons (Fsp3) is 0.0588. The molecule has 0 aliphatic heterocycles. The number of para-hydroxylation sites is 1. The third-order valence-corrected chi connectivity index (χ3v) is 3.71. The Hall–Kier alpha value is -2.96. The maximum Gasteiger partial charge on any atom is 0.213 e. The third-order valence-electron chi connectivity index (χ3n) is 3.71. The first-order valence-corrected chi connectivity index (χ1v) is 6.82. The molecule has 3 rings (SSSR count). The molecule has 2 aromatic rings. The first kappa shape index (κ1) is 15.9. The van der Waals surface area contributed by atoms with Gasteiger partial charge in [-0.3, -0.25) is 9.59 Å². The topological polar surface area (TPSA) is 46.2 Å². The van der Waals surface area contributed by atoms with Crippen LogP contribution < -0.4 is 5.32 Å². The van der Waals surface area contributed by atoms with Crippen molar-refractivity contribution in [1.29, 1.82) is 0 Å². The van der Waals surface area contributed by atoms with Crippen molar-refractivity contribution in [2.45, 2.75) is 6.92 Å². The summed E-state index contributed by atoms with van der Waals surface area (Å²) in [5, 5.41) is 2.64. The number of carbonyl (C=O) groups excluding carboxylic acids is 2. The van der Waals surface area contributed by atoms with Gasteiger partial charge in [-0.15, -0.1) is 0 Å². The van der Waals surface area contributed by atoms with Crippen molar-refractivity contribution in [3.05, 3.63) is 76.0 Å². The summed E-state index contributed by atoms with van der Waals surface area (Å²) in [6.45, 7) is 1.22. The van der Waals surface area contributed by atoms with Crippen LogP contribution in [0.3, 0.4) is 0 Å². The third kappa shape index (κ3) is 2.20. The van der Waals surface area contributed by atoms with Gasteiger partial charge in [-0.1, -0.05) is 18.2 Å². The van der Waals surface area contributed by atoms with E-state index in [0.717, 1.165) is 0 Å². The molecule has 0 spiro atoms. The Morgan fingerprint density at radius 1 is 0.750 bits per heavy atom. The normalized spacial score (nSPS) is 14.0. The van der Waals surface area contributed by atoms with Crippen LogP contribution in [0.25, 0.3) is 0 Å². The van der Waals surface area contributed by atoms with E-state index in [1.807, 2.05) is 0 Å². The highest BCUT2D eigenvalue weighted by atomic mass is 19.2. The molecular formula is C17H9F4NO2. The van der Waals surface area contributed by atoms with E-state index in [4.69, 9.17) is 0 Å². The van der Waals surface area contributed by atoms with Crippen molar-refractivity contribution >= 4 is 17.3 Å². The second-order valence-electron chi connectivity index (χ2n) is 5.16. The summed E-state index contributed by atoms with van der Waals surface area (Å²) in [6, 6.07) is 8.17. The highest BCUT2D eigenvalue weighted by Gasteiger charge is 2.39. The van der Waals surface area contributed by atoms with Gasteiger partial charge >= 0.3 is 0 Å². The van der Waals surface area contributed by atoms with E-state index in [-0.39, 0.29) is 11.3 Å².